The highest BCUT2D eigenvalue weighted by molar-refractivity contribution is 7.98. The number of nitrogens with zero attached hydrogens (tertiary/aromatic N) is 1. The Labute approximate surface area is 171 Å². The van der Waals surface area contributed by atoms with Crippen molar-refractivity contribution in [3.63, 3.8) is 0 Å². The number of nitrogens with one attached hydrogen (secondary N) is 2. The number of rotatable bonds is 10. The van der Waals surface area contributed by atoms with E-state index in [1.54, 1.807) is 13.0 Å². The molecule has 7 nitrogen and oxygen atoms in total. The fourth-order valence-electron chi connectivity index (χ4n) is 2.71. The number of alkyl halides is 2. The van der Waals surface area contributed by atoms with E-state index in [4.69, 9.17) is 4.74 Å². The summed E-state index contributed by atoms with van der Waals surface area (Å²) in [6.07, 6.45) is 2.67. The molecule has 0 aliphatic carbocycles. The topological polar surface area (TPSA) is 93.3 Å². The SMILES string of the molecule is COc1ccc(CCNC(=O)CCc2c(C)nc(SC)[nH]c2=O)cc1OC(F)F. The fourth-order valence-corrected chi connectivity index (χ4v) is 3.14. The molecule has 0 aliphatic rings. The number of halogens is 2. The Morgan fingerprint density at radius 3 is 2.69 bits per heavy atom. The van der Waals surface area contributed by atoms with Crippen LogP contribution >= 0.6 is 11.8 Å². The van der Waals surface area contributed by atoms with Crippen LogP contribution < -0.4 is 20.3 Å². The van der Waals surface area contributed by atoms with Gasteiger partial charge in [-0.05, 0) is 43.7 Å². The summed E-state index contributed by atoms with van der Waals surface area (Å²) in [5, 5.41) is 3.29. The third-order valence-corrected chi connectivity index (χ3v) is 4.76. The van der Waals surface area contributed by atoms with Gasteiger partial charge >= 0.3 is 6.61 Å². The molecule has 1 aromatic carbocycles. The van der Waals surface area contributed by atoms with Crippen LogP contribution in [-0.4, -0.2) is 42.4 Å². The van der Waals surface area contributed by atoms with Crippen LogP contribution in [0.4, 0.5) is 8.78 Å². The maximum atomic E-state index is 12.5. The van der Waals surface area contributed by atoms with Crippen molar-refractivity contribution in [3.8, 4) is 11.5 Å². The summed E-state index contributed by atoms with van der Waals surface area (Å²) in [4.78, 5) is 31.1. The second-order valence-corrected chi connectivity index (χ2v) is 6.90. The Hall–Kier alpha value is -2.62. The van der Waals surface area contributed by atoms with Crippen LogP contribution in [0, 0.1) is 6.92 Å². The molecule has 2 rings (SSSR count). The van der Waals surface area contributed by atoms with Crippen molar-refractivity contribution >= 4 is 17.7 Å². The van der Waals surface area contributed by atoms with Crippen molar-refractivity contribution in [1.82, 2.24) is 15.3 Å². The molecule has 0 spiro atoms. The normalized spacial score (nSPS) is 10.8. The van der Waals surface area contributed by atoms with Crippen molar-refractivity contribution in [3.05, 3.63) is 45.4 Å². The van der Waals surface area contributed by atoms with Gasteiger partial charge in [0.15, 0.2) is 16.7 Å². The lowest BCUT2D eigenvalue weighted by atomic mass is 10.1. The molecule has 2 N–H and O–H groups in total. The number of amides is 1. The van der Waals surface area contributed by atoms with Gasteiger partial charge in [-0.15, -0.1) is 0 Å². The number of carbonyl (C=O) groups is 1. The lowest BCUT2D eigenvalue weighted by Crippen LogP contribution is -2.27. The van der Waals surface area contributed by atoms with Gasteiger partial charge in [-0.2, -0.15) is 8.78 Å². The molecular weight excluding hydrogens is 404 g/mol. The zero-order valence-electron chi connectivity index (χ0n) is 16.4. The Kier molecular flexibility index (Phi) is 8.44. The highest BCUT2D eigenvalue weighted by Crippen LogP contribution is 2.29. The molecule has 0 radical (unpaired) electrons. The minimum absolute atomic E-state index is 0.0535. The lowest BCUT2D eigenvalue weighted by molar-refractivity contribution is -0.121. The zero-order valence-corrected chi connectivity index (χ0v) is 17.2. The largest absolute Gasteiger partial charge is 0.493 e. The van der Waals surface area contributed by atoms with Gasteiger partial charge in [0.1, 0.15) is 0 Å². The number of hydrogen-bond donors (Lipinski definition) is 2. The van der Waals surface area contributed by atoms with E-state index in [0.29, 0.717) is 34.9 Å². The zero-order chi connectivity index (χ0) is 21.4. The van der Waals surface area contributed by atoms with Crippen molar-refractivity contribution in [1.29, 1.82) is 0 Å². The average molecular weight is 427 g/mol. The average Bonchev–Trinajstić information content (AvgIpc) is 2.67. The predicted octanol–water partition coefficient (Wildman–Crippen LogP) is 2.70. The minimum Gasteiger partial charge on any atom is -0.493 e. The van der Waals surface area contributed by atoms with Crippen LogP contribution in [0.15, 0.2) is 28.2 Å². The van der Waals surface area contributed by atoms with E-state index in [9.17, 15) is 18.4 Å². The molecule has 0 aliphatic heterocycles. The summed E-state index contributed by atoms with van der Waals surface area (Å²) >= 11 is 1.34. The van der Waals surface area contributed by atoms with Gasteiger partial charge < -0.3 is 19.8 Å². The van der Waals surface area contributed by atoms with Gasteiger partial charge in [0.05, 0.1) is 7.11 Å². The van der Waals surface area contributed by atoms with Gasteiger partial charge in [-0.3, -0.25) is 9.59 Å². The second-order valence-electron chi connectivity index (χ2n) is 6.10. The van der Waals surface area contributed by atoms with Crippen LogP contribution in [0.25, 0.3) is 0 Å². The molecule has 1 heterocycles. The summed E-state index contributed by atoms with van der Waals surface area (Å²) in [6, 6.07) is 4.71. The van der Waals surface area contributed by atoms with E-state index < -0.39 is 6.61 Å². The number of H-pyrrole nitrogens is 1. The van der Waals surface area contributed by atoms with E-state index >= 15 is 0 Å². The first kappa shape index (κ1) is 22.7. The Balaban J connectivity index is 1.87. The Morgan fingerprint density at radius 1 is 1.31 bits per heavy atom. The summed E-state index contributed by atoms with van der Waals surface area (Å²) in [5.41, 5.74) is 1.57. The number of ether oxygens (including phenoxy) is 2. The van der Waals surface area contributed by atoms with Gasteiger partial charge in [-0.1, -0.05) is 17.8 Å². The first-order valence-corrected chi connectivity index (χ1v) is 10.1. The van der Waals surface area contributed by atoms with Crippen LogP contribution in [0.2, 0.25) is 0 Å². The number of aromatic amines is 1. The van der Waals surface area contributed by atoms with Gasteiger partial charge in [0.2, 0.25) is 5.91 Å². The van der Waals surface area contributed by atoms with Crippen molar-refractivity contribution in [2.75, 3.05) is 19.9 Å². The third kappa shape index (κ3) is 6.74. The number of benzene rings is 1. The van der Waals surface area contributed by atoms with Crippen LogP contribution in [-0.2, 0) is 17.6 Å². The molecule has 29 heavy (non-hydrogen) atoms. The predicted molar refractivity (Wildman–Crippen MR) is 106 cm³/mol. The monoisotopic (exact) mass is 427 g/mol. The number of methoxy groups -OCH3 is 1. The molecule has 10 heteroatoms. The maximum Gasteiger partial charge on any atom is 0.387 e. The first-order chi connectivity index (χ1) is 13.8. The van der Waals surface area contributed by atoms with Crippen LogP contribution in [0.1, 0.15) is 23.2 Å². The lowest BCUT2D eigenvalue weighted by Gasteiger charge is -2.12. The summed E-state index contributed by atoms with van der Waals surface area (Å²) in [6.45, 7) is -0.895. The molecule has 0 unspecified atom stereocenters. The number of hydrogen-bond acceptors (Lipinski definition) is 6. The minimum atomic E-state index is -2.95. The quantitative estimate of drug-likeness (QED) is 0.447. The number of thioether (sulfide) groups is 1. The molecule has 0 saturated carbocycles. The first-order valence-electron chi connectivity index (χ1n) is 8.86. The Bertz CT molecular complexity index is 906. The molecule has 0 atom stereocenters. The molecular formula is C19H23F2N3O4S. The van der Waals surface area contributed by atoms with E-state index in [0.717, 1.165) is 0 Å². The van der Waals surface area contributed by atoms with Crippen molar-refractivity contribution in [2.24, 2.45) is 0 Å². The number of carbonyl (C=O) groups excluding carboxylic acids is 1. The van der Waals surface area contributed by atoms with E-state index in [-0.39, 0.29) is 35.8 Å². The molecule has 1 amide bonds. The van der Waals surface area contributed by atoms with Crippen molar-refractivity contribution < 1.29 is 23.0 Å². The van der Waals surface area contributed by atoms with E-state index in [1.165, 1.54) is 31.0 Å². The highest BCUT2D eigenvalue weighted by Gasteiger charge is 2.12. The van der Waals surface area contributed by atoms with E-state index in [2.05, 4.69) is 20.0 Å². The van der Waals surface area contributed by atoms with Gasteiger partial charge in [0.25, 0.3) is 5.56 Å². The molecule has 2 aromatic rings. The number of aromatic nitrogens is 2. The van der Waals surface area contributed by atoms with Gasteiger partial charge in [-0.25, -0.2) is 4.98 Å². The summed E-state index contributed by atoms with van der Waals surface area (Å²) < 4.78 is 34.4. The van der Waals surface area contributed by atoms with E-state index in [1.807, 2.05) is 6.26 Å². The molecule has 0 bridgehead atoms. The standard InChI is InChI=1S/C19H23F2N3O4S/c1-11-13(17(26)24-19(23-11)29-3)5-7-16(25)22-9-8-12-4-6-14(27-2)15(10-12)28-18(20)21/h4,6,10,18H,5,7-9H2,1-3H3,(H,22,25)(H,23,24,26). The third-order valence-electron chi connectivity index (χ3n) is 4.18. The summed E-state index contributed by atoms with van der Waals surface area (Å²) in [7, 11) is 1.37. The van der Waals surface area contributed by atoms with Crippen LogP contribution in [0.5, 0.6) is 11.5 Å². The number of aryl methyl sites for hydroxylation is 1. The molecule has 0 fully saturated rings. The Morgan fingerprint density at radius 2 is 2.07 bits per heavy atom. The maximum absolute atomic E-state index is 12.5. The smallest absolute Gasteiger partial charge is 0.387 e. The molecule has 158 valence electrons. The molecule has 1 aromatic heterocycles. The summed E-state index contributed by atoms with van der Waals surface area (Å²) in [5.74, 6) is -0.0581. The fraction of sp³-hybridized carbons (Fsp3) is 0.421. The van der Waals surface area contributed by atoms with Crippen LogP contribution in [0.3, 0.4) is 0 Å². The van der Waals surface area contributed by atoms with Crippen molar-refractivity contribution in [2.45, 2.75) is 38.0 Å². The highest BCUT2D eigenvalue weighted by atomic mass is 32.2. The second kappa shape index (κ2) is 10.8. The molecule has 0 saturated heterocycles. The van der Waals surface area contributed by atoms with Gasteiger partial charge in [0, 0.05) is 24.2 Å².